The molecule has 0 saturated carbocycles. The lowest BCUT2D eigenvalue weighted by molar-refractivity contribution is -0.113. The van der Waals surface area contributed by atoms with E-state index in [1.165, 1.54) is 11.8 Å². The van der Waals surface area contributed by atoms with E-state index in [0.717, 1.165) is 27.4 Å². The average molecular weight is 454 g/mol. The van der Waals surface area contributed by atoms with Crippen molar-refractivity contribution >= 4 is 35.0 Å². The first-order valence-corrected chi connectivity index (χ1v) is 11.4. The molecule has 5 nitrogen and oxygen atoms in total. The number of nitrogens with one attached hydrogen (secondary N) is 1. The van der Waals surface area contributed by atoms with Crippen molar-refractivity contribution in [2.24, 2.45) is 0 Å². The zero-order chi connectivity index (χ0) is 22.0. The predicted octanol–water partition coefficient (Wildman–Crippen LogP) is 5.69. The van der Waals surface area contributed by atoms with Gasteiger partial charge in [-0.3, -0.25) is 4.79 Å². The molecule has 0 unspecified atom stereocenters. The Morgan fingerprint density at radius 1 is 1.19 bits per heavy atom. The number of carbonyl (C=O) groups excluding carboxylic acids is 1. The van der Waals surface area contributed by atoms with Crippen LogP contribution in [0.3, 0.4) is 0 Å². The minimum absolute atomic E-state index is 0.103. The molecule has 0 atom stereocenters. The number of benzene rings is 2. The molecular weight excluding hydrogens is 430 g/mol. The number of anilines is 1. The molecule has 7 heteroatoms. The van der Waals surface area contributed by atoms with Crippen molar-refractivity contribution in [2.75, 3.05) is 11.1 Å². The summed E-state index contributed by atoms with van der Waals surface area (Å²) in [6.45, 7) is 6.63. The molecule has 0 fully saturated rings. The topological polar surface area (TPSA) is 64.1 Å². The maximum Gasteiger partial charge on any atom is 0.234 e. The molecule has 0 saturated heterocycles. The number of rotatable bonds is 5. The van der Waals surface area contributed by atoms with Crippen LogP contribution < -0.4 is 5.32 Å². The Labute approximate surface area is 191 Å². The summed E-state index contributed by atoms with van der Waals surface area (Å²) >= 11 is 7.32. The number of halogens is 1. The first-order chi connectivity index (χ1) is 14.8. The number of amides is 1. The highest BCUT2D eigenvalue weighted by Gasteiger charge is 2.30. The molecular formula is C24H24ClN3O2S. The third-order valence-electron chi connectivity index (χ3n) is 5.00. The summed E-state index contributed by atoms with van der Waals surface area (Å²) in [6.07, 6.45) is 0.703. The quantitative estimate of drug-likeness (QED) is 0.397. The van der Waals surface area contributed by atoms with Crippen LogP contribution in [0.5, 0.6) is 0 Å². The monoisotopic (exact) mass is 453 g/mol. The zero-order valence-electron chi connectivity index (χ0n) is 17.7. The van der Waals surface area contributed by atoms with E-state index in [9.17, 15) is 4.79 Å². The Morgan fingerprint density at radius 2 is 1.97 bits per heavy atom. The molecule has 160 valence electrons. The maximum atomic E-state index is 12.5. The van der Waals surface area contributed by atoms with E-state index in [2.05, 4.69) is 38.2 Å². The van der Waals surface area contributed by atoms with Gasteiger partial charge >= 0.3 is 0 Å². The van der Waals surface area contributed by atoms with Gasteiger partial charge < -0.3 is 10.1 Å². The van der Waals surface area contributed by atoms with Crippen LogP contribution in [-0.2, 0) is 22.6 Å². The number of carbonyl (C=O) groups is 1. The number of nitrogens with zero attached hydrogens (tertiary/aromatic N) is 2. The first-order valence-electron chi connectivity index (χ1n) is 10.1. The Bertz CT molecular complexity index is 1120. The predicted molar refractivity (Wildman–Crippen MR) is 126 cm³/mol. The third kappa shape index (κ3) is 5.45. The molecule has 31 heavy (non-hydrogen) atoms. The van der Waals surface area contributed by atoms with E-state index in [-0.39, 0.29) is 17.3 Å². The van der Waals surface area contributed by atoms with E-state index in [0.29, 0.717) is 29.6 Å². The molecule has 0 aliphatic carbocycles. The van der Waals surface area contributed by atoms with Crippen LogP contribution in [0.1, 0.15) is 30.7 Å². The van der Waals surface area contributed by atoms with E-state index in [4.69, 9.17) is 26.3 Å². The lowest BCUT2D eigenvalue weighted by Gasteiger charge is -2.32. The molecule has 1 aliphatic rings. The number of hydrogen-bond acceptors (Lipinski definition) is 5. The molecule has 0 bridgehead atoms. The van der Waals surface area contributed by atoms with Crippen molar-refractivity contribution in [3.63, 3.8) is 0 Å². The van der Waals surface area contributed by atoms with Crippen LogP contribution in [0.15, 0.2) is 53.6 Å². The van der Waals surface area contributed by atoms with Gasteiger partial charge in [0, 0.05) is 28.3 Å². The lowest BCUT2D eigenvalue weighted by Crippen LogP contribution is -2.33. The van der Waals surface area contributed by atoms with E-state index < -0.39 is 0 Å². The minimum Gasteiger partial charge on any atom is -0.370 e. The van der Waals surface area contributed by atoms with Gasteiger partial charge in [-0.15, -0.1) is 0 Å². The van der Waals surface area contributed by atoms with Crippen LogP contribution in [0.25, 0.3) is 11.4 Å². The summed E-state index contributed by atoms with van der Waals surface area (Å²) in [5, 5.41) is 4.32. The van der Waals surface area contributed by atoms with Gasteiger partial charge in [-0.05, 0) is 51.1 Å². The fourth-order valence-corrected chi connectivity index (χ4v) is 4.39. The van der Waals surface area contributed by atoms with Crippen molar-refractivity contribution in [1.82, 2.24) is 9.97 Å². The van der Waals surface area contributed by atoms with E-state index in [1.54, 1.807) is 24.3 Å². The summed E-state index contributed by atoms with van der Waals surface area (Å²) in [7, 11) is 0. The number of aromatic nitrogens is 2. The second-order valence-electron chi connectivity index (χ2n) is 8.22. The lowest BCUT2D eigenvalue weighted by atomic mass is 9.96. The molecule has 0 spiro atoms. The maximum absolute atomic E-state index is 12.5. The number of aryl methyl sites for hydroxylation is 1. The van der Waals surface area contributed by atoms with Crippen molar-refractivity contribution in [1.29, 1.82) is 0 Å². The van der Waals surface area contributed by atoms with Gasteiger partial charge in [0.1, 0.15) is 5.03 Å². The van der Waals surface area contributed by atoms with E-state index in [1.807, 2.05) is 12.1 Å². The van der Waals surface area contributed by atoms with Crippen LogP contribution in [0.2, 0.25) is 5.02 Å². The van der Waals surface area contributed by atoms with Crippen molar-refractivity contribution in [3.05, 3.63) is 70.4 Å². The Kier molecular flexibility index (Phi) is 6.32. The largest absolute Gasteiger partial charge is 0.370 e. The molecule has 2 aromatic carbocycles. The smallest absolute Gasteiger partial charge is 0.234 e. The van der Waals surface area contributed by atoms with Gasteiger partial charge in [0.2, 0.25) is 5.91 Å². The summed E-state index contributed by atoms with van der Waals surface area (Å²) in [5.74, 6) is 0.817. The van der Waals surface area contributed by atoms with Gasteiger partial charge in [-0.2, -0.15) is 0 Å². The SMILES string of the molecule is Cc1cccc(-c2nc3c(c(SCC(=O)Nc4ccc(Cl)cc4)n2)COC(C)(C)C3)c1. The molecule has 1 N–H and O–H groups in total. The molecule has 1 amide bonds. The van der Waals surface area contributed by atoms with Crippen LogP contribution in [0.4, 0.5) is 5.69 Å². The second kappa shape index (κ2) is 8.99. The molecule has 1 aliphatic heterocycles. The first kappa shape index (κ1) is 21.8. The molecule has 3 aromatic rings. The Balaban J connectivity index is 1.59. The van der Waals surface area contributed by atoms with Crippen LogP contribution >= 0.6 is 23.4 Å². The summed E-state index contributed by atoms with van der Waals surface area (Å²) in [6, 6.07) is 15.2. The standard InChI is InChI=1S/C24H24ClN3O2S/c1-15-5-4-6-16(11-15)22-27-20-12-24(2,3)30-13-19(20)23(28-22)31-14-21(29)26-18-9-7-17(25)8-10-18/h4-11H,12-14H2,1-3H3,(H,26,29). The molecule has 0 radical (unpaired) electrons. The van der Waals surface area contributed by atoms with Gasteiger partial charge in [0.05, 0.1) is 23.7 Å². The van der Waals surface area contributed by atoms with Gasteiger partial charge in [0.15, 0.2) is 5.82 Å². The number of thioether (sulfide) groups is 1. The van der Waals surface area contributed by atoms with Crippen LogP contribution in [0, 0.1) is 6.92 Å². The minimum atomic E-state index is -0.279. The second-order valence-corrected chi connectivity index (χ2v) is 9.62. The number of fused-ring (bicyclic) bond motifs is 1. The van der Waals surface area contributed by atoms with Crippen molar-refractivity contribution < 1.29 is 9.53 Å². The number of hydrogen-bond donors (Lipinski definition) is 1. The molecule has 1 aromatic heterocycles. The van der Waals surface area contributed by atoms with Crippen LogP contribution in [-0.4, -0.2) is 27.2 Å². The molecule has 2 heterocycles. The highest BCUT2D eigenvalue weighted by molar-refractivity contribution is 8.00. The van der Waals surface area contributed by atoms with E-state index >= 15 is 0 Å². The Morgan fingerprint density at radius 3 is 2.71 bits per heavy atom. The number of ether oxygens (including phenoxy) is 1. The summed E-state index contributed by atoms with van der Waals surface area (Å²) in [4.78, 5) is 22.2. The zero-order valence-corrected chi connectivity index (χ0v) is 19.3. The van der Waals surface area contributed by atoms with Crippen molar-refractivity contribution in [2.45, 2.75) is 44.4 Å². The summed E-state index contributed by atoms with van der Waals surface area (Å²) < 4.78 is 6.00. The van der Waals surface area contributed by atoms with Crippen molar-refractivity contribution in [3.8, 4) is 11.4 Å². The highest BCUT2D eigenvalue weighted by atomic mass is 35.5. The normalized spacial score (nSPS) is 14.7. The summed E-state index contributed by atoms with van der Waals surface area (Å²) in [5.41, 5.74) is 4.52. The van der Waals surface area contributed by atoms with Gasteiger partial charge in [-0.25, -0.2) is 9.97 Å². The molecule has 4 rings (SSSR count). The van der Waals surface area contributed by atoms with Gasteiger partial charge in [-0.1, -0.05) is 47.1 Å². The average Bonchev–Trinajstić information content (AvgIpc) is 2.72. The third-order valence-corrected chi connectivity index (χ3v) is 6.27. The fraction of sp³-hybridized carbons (Fsp3) is 0.292. The Hall–Kier alpha value is -2.41. The highest BCUT2D eigenvalue weighted by Crippen LogP contribution is 2.34. The van der Waals surface area contributed by atoms with Gasteiger partial charge in [0.25, 0.3) is 0 Å². The fourth-order valence-electron chi connectivity index (χ4n) is 3.42.